The number of nitriles is 1. The van der Waals surface area contributed by atoms with Gasteiger partial charge in [-0.05, 0) is 61.9 Å². The van der Waals surface area contributed by atoms with Gasteiger partial charge in [0.1, 0.15) is 11.6 Å². The van der Waals surface area contributed by atoms with Crippen LogP contribution in [0.2, 0.25) is 0 Å². The molecule has 0 aliphatic heterocycles. The minimum absolute atomic E-state index is 0.0300. The molecule has 0 saturated carbocycles. The Balaban J connectivity index is 1.74. The van der Waals surface area contributed by atoms with Crippen molar-refractivity contribution in [3.63, 3.8) is 0 Å². The minimum Gasteiger partial charge on any atom is -0.322 e. The highest BCUT2D eigenvalue weighted by Gasteiger charge is 2.10. The Kier molecular flexibility index (Phi) is 6.41. The number of amides is 2. The van der Waals surface area contributed by atoms with Crippen molar-refractivity contribution in [1.29, 1.82) is 5.26 Å². The van der Waals surface area contributed by atoms with E-state index in [2.05, 4.69) is 10.6 Å². The second-order valence-electron chi connectivity index (χ2n) is 6.94. The van der Waals surface area contributed by atoms with Gasteiger partial charge in [-0.15, -0.1) is 0 Å². The van der Waals surface area contributed by atoms with Gasteiger partial charge in [0.15, 0.2) is 0 Å². The number of anilines is 2. The molecule has 0 atom stereocenters. The first-order chi connectivity index (χ1) is 14.4. The number of nitrogens with one attached hydrogen (secondary N) is 2. The summed E-state index contributed by atoms with van der Waals surface area (Å²) in [5.74, 6) is -0.718. The topological polar surface area (TPSA) is 82.0 Å². The first kappa shape index (κ1) is 20.6. The van der Waals surface area contributed by atoms with Crippen LogP contribution in [0.3, 0.4) is 0 Å². The summed E-state index contributed by atoms with van der Waals surface area (Å²) in [5.41, 5.74) is 4.50. The Morgan fingerprint density at radius 2 is 1.47 bits per heavy atom. The van der Waals surface area contributed by atoms with E-state index < -0.39 is 5.91 Å². The largest absolute Gasteiger partial charge is 0.322 e. The van der Waals surface area contributed by atoms with Crippen molar-refractivity contribution in [2.75, 3.05) is 10.6 Å². The smallest absolute Gasteiger partial charge is 0.266 e. The van der Waals surface area contributed by atoms with Crippen LogP contribution < -0.4 is 10.6 Å². The van der Waals surface area contributed by atoms with Crippen LogP contribution in [0, 0.1) is 25.2 Å². The molecule has 0 aliphatic carbocycles. The number of carbonyl (C=O) groups excluding carboxylic acids is 2. The molecule has 2 N–H and O–H groups in total. The average molecular weight is 395 g/mol. The molecule has 0 saturated heterocycles. The zero-order valence-corrected chi connectivity index (χ0v) is 16.8. The fraction of sp³-hybridized carbons (Fsp3) is 0.0800. The highest BCUT2D eigenvalue weighted by atomic mass is 16.2. The van der Waals surface area contributed by atoms with Gasteiger partial charge in [0, 0.05) is 16.9 Å². The van der Waals surface area contributed by atoms with Gasteiger partial charge in [0.05, 0.1) is 0 Å². The van der Waals surface area contributed by atoms with Crippen LogP contribution in [0.1, 0.15) is 27.0 Å². The Bertz CT molecular complexity index is 1140. The van der Waals surface area contributed by atoms with Crippen LogP contribution in [0.4, 0.5) is 11.4 Å². The van der Waals surface area contributed by atoms with Crippen LogP contribution in [-0.4, -0.2) is 11.8 Å². The summed E-state index contributed by atoms with van der Waals surface area (Å²) >= 11 is 0. The van der Waals surface area contributed by atoms with Crippen molar-refractivity contribution in [2.24, 2.45) is 0 Å². The van der Waals surface area contributed by atoms with Gasteiger partial charge in [0.2, 0.25) is 0 Å². The average Bonchev–Trinajstić information content (AvgIpc) is 2.74. The van der Waals surface area contributed by atoms with E-state index in [1.165, 1.54) is 6.08 Å². The number of rotatable bonds is 5. The van der Waals surface area contributed by atoms with Crippen LogP contribution >= 0.6 is 0 Å². The maximum absolute atomic E-state index is 12.4. The van der Waals surface area contributed by atoms with E-state index in [4.69, 9.17) is 0 Å². The maximum Gasteiger partial charge on any atom is 0.266 e. The highest BCUT2D eigenvalue weighted by molar-refractivity contribution is 6.10. The fourth-order valence-corrected chi connectivity index (χ4v) is 2.76. The number of nitrogens with zero attached hydrogens (tertiary/aromatic N) is 1. The summed E-state index contributed by atoms with van der Waals surface area (Å²) in [7, 11) is 0. The van der Waals surface area contributed by atoms with E-state index in [1.807, 2.05) is 44.2 Å². The molecule has 2 amide bonds. The SMILES string of the molecule is Cc1ccc(NC(=O)/C(C#N)=C/c2cccc(NC(=O)c3ccc(C)cc3)c2)cc1. The van der Waals surface area contributed by atoms with E-state index >= 15 is 0 Å². The lowest BCUT2D eigenvalue weighted by atomic mass is 10.1. The molecule has 0 heterocycles. The second-order valence-corrected chi connectivity index (χ2v) is 6.94. The predicted molar refractivity (Wildman–Crippen MR) is 119 cm³/mol. The van der Waals surface area contributed by atoms with Crippen molar-refractivity contribution in [2.45, 2.75) is 13.8 Å². The lowest BCUT2D eigenvalue weighted by Gasteiger charge is -2.07. The van der Waals surface area contributed by atoms with E-state index in [1.54, 1.807) is 48.5 Å². The Morgan fingerprint density at radius 3 is 2.10 bits per heavy atom. The molecule has 0 aliphatic rings. The number of hydrogen-bond acceptors (Lipinski definition) is 3. The fourth-order valence-electron chi connectivity index (χ4n) is 2.76. The van der Waals surface area contributed by atoms with Gasteiger partial charge in [-0.2, -0.15) is 5.26 Å². The number of hydrogen-bond donors (Lipinski definition) is 2. The molecule has 3 aromatic rings. The molecule has 5 nitrogen and oxygen atoms in total. The van der Waals surface area contributed by atoms with E-state index in [0.717, 1.165) is 11.1 Å². The van der Waals surface area contributed by atoms with Gasteiger partial charge in [0.25, 0.3) is 11.8 Å². The summed E-state index contributed by atoms with van der Waals surface area (Å²) in [4.78, 5) is 24.8. The van der Waals surface area contributed by atoms with Crippen molar-refractivity contribution in [3.05, 3.63) is 101 Å². The lowest BCUT2D eigenvalue weighted by molar-refractivity contribution is -0.112. The van der Waals surface area contributed by atoms with Gasteiger partial charge in [-0.1, -0.05) is 47.5 Å². The number of carbonyl (C=O) groups is 2. The first-order valence-electron chi connectivity index (χ1n) is 9.42. The summed E-state index contributed by atoms with van der Waals surface area (Å²) in [6.07, 6.45) is 1.49. The van der Waals surface area contributed by atoms with Crippen molar-refractivity contribution < 1.29 is 9.59 Å². The molecule has 0 radical (unpaired) electrons. The molecule has 148 valence electrons. The van der Waals surface area contributed by atoms with Gasteiger partial charge in [-0.25, -0.2) is 0 Å². The van der Waals surface area contributed by atoms with Gasteiger partial charge < -0.3 is 10.6 Å². The van der Waals surface area contributed by atoms with Crippen molar-refractivity contribution >= 4 is 29.3 Å². The summed E-state index contributed by atoms with van der Waals surface area (Å²) in [6.45, 7) is 3.91. The monoisotopic (exact) mass is 395 g/mol. The van der Waals surface area contributed by atoms with E-state index in [9.17, 15) is 14.9 Å². The van der Waals surface area contributed by atoms with Crippen LogP contribution in [-0.2, 0) is 4.79 Å². The standard InChI is InChI=1S/C25H21N3O2/c1-17-6-10-20(11-7-17)24(29)28-23-5-3-4-19(15-23)14-21(16-26)25(30)27-22-12-8-18(2)9-13-22/h3-15H,1-2H3,(H,27,30)(H,28,29)/b21-14+. The molecule has 0 spiro atoms. The van der Waals surface area contributed by atoms with Crippen molar-refractivity contribution in [3.8, 4) is 6.07 Å². The third-order valence-electron chi connectivity index (χ3n) is 4.44. The quantitative estimate of drug-likeness (QED) is 0.466. The molecular formula is C25H21N3O2. The summed E-state index contributed by atoms with van der Waals surface area (Å²) < 4.78 is 0. The van der Waals surface area contributed by atoms with Crippen LogP contribution in [0.15, 0.2) is 78.4 Å². The second kappa shape index (κ2) is 9.35. The zero-order chi connectivity index (χ0) is 21.5. The Hall–Kier alpha value is -4.17. The van der Waals surface area contributed by atoms with Gasteiger partial charge in [-0.3, -0.25) is 9.59 Å². The summed E-state index contributed by atoms with van der Waals surface area (Å²) in [5, 5.41) is 15.0. The zero-order valence-electron chi connectivity index (χ0n) is 16.8. The van der Waals surface area contributed by atoms with Gasteiger partial charge >= 0.3 is 0 Å². The number of benzene rings is 3. The lowest BCUT2D eigenvalue weighted by Crippen LogP contribution is -2.13. The third-order valence-corrected chi connectivity index (χ3v) is 4.44. The molecule has 5 heteroatoms. The molecule has 0 aromatic heterocycles. The van der Waals surface area contributed by atoms with E-state index in [0.29, 0.717) is 22.5 Å². The first-order valence-corrected chi connectivity index (χ1v) is 9.42. The van der Waals surface area contributed by atoms with Crippen LogP contribution in [0.25, 0.3) is 6.08 Å². The third kappa shape index (κ3) is 5.43. The molecule has 0 bridgehead atoms. The summed E-state index contributed by atoms with van der Waals surface area (Å²) in [6, 6.07) is 23.5. The Labute approximate surface area is 175 Å². The van der Waals surface area contributed by atoms with E-state index in [-0.39, 0.29) is 11.5 Å². The highest BCUT2D eigenvalue weighted by Crippen LogP contribution is 2.17. The van der Waals surface area contributed by atoms with Crippen molar-refractivity contribution in [1.82, 2.24) is 0 Å². The molecule has 3 aromatic carbocycles. The molecule has 30 heavy (non-hydrogen) atoms. The Morgan fingerprint density at radius 1 is 0.833 bits per heavy atom. The number of aryl methyl sites for hydroxylation is 2. The minimum atomic E-state index is -0.490. The molecule has 0 unspecified atom stereocenters. The molecular weight excluding hydrogens is 374 g/mol. The molecule has 3 rings (SSSR count). The maximum atomic E-state index is 12.4. The molecule has 0 fully saturated rings. The normalized spacial score (nSPS) is 10.8. The predicted octanol–water partition coefficient (Wildman–Crippen LogP) is 5.10. The van der Waals surface area contributed by atoms with Crippen LogP contribution in [0.5, 0.6) is 0 Å².